The van der Waals surface area contributed by atoms with Crippen molar-refractivity contribution >= 4 is 11.6 Å². The largest absolute Gasteiger partial charge is 0.309 e. The summed E-state index contributed by atoms with van der Waals surface area (Å²) in [5, 5.41) is 2.97. The van der Waals surface area contributed by atoms with Gasteiger partial charge in [0.2, 0.25) is 0 Å². The van der Waals surface area contributed by atoms with Gasteiger partial charge in [0.15, 0.2) is 0 Å². The molecule has 130 valence electrons. The maximum absolute atomic E-state index is 2.49. The van der Waals surface area contributed by atoms with E-state index in [4.69, 9.17) is 0 Å². The highest BCUT2D eigenvalue weighted by molar-refractivity contribution is 5.79. The first-order valence-electron chi connectivity index (χ1n) is 9.70. The molecule has 5 rings (SSSR count). The third kappa shape index (κ3) is 2.42. The molecule has 2 aromatic rings. The van der Waals surface area contributed by atoms with Gasteiger partial charge >= 0.3 is 0 Å². The van der Waals surface area contributed by atoms with Gasteiger partial charge in [-0.25, -0.2) is 0 Å². The lowest BCUT2D eigenvalue weighted by molar-refractivity contribution is 0.370. The average Bonchev–Trinajstić information content (AvgIpc) is 2.60. The van der Waals surface area contributed by atoms with E-state index in [9.17, 15) is 0 Å². The molecule has 1 unspecified atom stereocenters. The smallest absolute Gasteiger partial charge is 0.00476 e. The Bertz CT molecular complexity index is 1070. The minimum absolute atomic E-state index is 0.571. The van der Waals surface area contributed by atoms with Crippen LogP contribution in [0.4, 0.5) is 0 Å². The van der Waals surface area contributed by atoms with Gasteiger partial charge in [-0.05, 0) is 77.2 Å². The zero-order valence-electron chi connectivity index (χ0n) is 15.6. The number of likely N-dealkylation sites (N-methyl/N-ethyl adjacent to an activating group) is 1. The lowest BCUT2D eigenvalue weighted by atomic mass is 9.76. The summed E-state index contributed by atoms with van der Waals surface area (Å²) in [4.78, 5) is 2.33. The van der Waals surface area contributed by atoms with Crippen molar-refractivity contribution in [2.75, 3.05) is 20.6 Å². The monoisotopic (exact) mass is 339 g/mol. The van der Waals surface area contributed by atoms with Crippen LogP contribution in [0.1, 0.15) is 29.9 Å². The summed E-state index contributed by atoms with van der Waals surface area (Å²) in [5.41, 5.74) is 8.93. The summed E-state index contributed by atoms with van der Waals surface area (Å²) < 4.78 is 0. The highest BCUT2D eigenvalue weighted by Crippen LogP contribution is 2.38. The van der Waals surface area contributed by atoms with Crippen molar-refractivity contribution in [2.45, 2.75) is 25.2 Å². The number of benzene rings is 2. The Morgan fingerprint density at radius 3 is 2.65 bits per heavy atom. The van der Waals surface area contributed by atoms with Crippen molar-refractivity contribution in [3.63, 3.8) is 0 Å². The van der Waals surface area contributed by atoms with Gasteiger partial charge in [0.1, 0.15) is 0 Å². The molecule has 1 heteroatoms. The molecule has 26 heavy (non-hydrogen) atoms. The quantitative estimate of drug-likeness (QED) is 0.823. The van der Waals surface area contributed by atoms with Crippen LogP contribution < -0.4 is 10.4 Å². The van der Waals surface area contributed by atoms with Gasteiger partial charge in [-0.15, -0.1) is 0 Å². The molecule has 0 spiro atoms. The van der Waals surface area contributed by atoms with Gasteiger partial charge in [-0.3, -0.25) is 0 Å². The van der Waals surface area contributed by atoms with Gasteiger partial charge in [-0.1, -0.05) is 60.7 Å². The van der Waals surface area contributed by atoms with Crippen LogP contribution in [0.25, 0.3) is 22.8 Å². The van der Waals surface area contributed by atoms with E-state index in [1.807, 2.05) is 0 Å². The van der Waals surface area contributed by atoms with E-state index < -0.39 is 0 Å². The summed E-state index contributed by atoms with van der Waals surface area (Å²) in [7, 11) is 4.37. The molecule has 3 aliphatic rings. The summed E-state index contributed by atoms with van der Waals surface area (Å²) >= 11 is 0. The Balaban J connectivity index is 1.75. The van der Waals surface area contributed by atoms with Crippen molar-refractivity contribution in [3.8, 4) is 11.1 Å². The Labute approximate surface area is 155 Å². The second kappa shape index (κ2) is 6.10. The summed E-state index contributed by atoms with van der Waals surface area (Å²) in [6.45, 7) is 1.10. The van der Waals surface area contributed by atoms with E-state index in [0.29, 0.717) is 5.92 Å². The van der Waals surface area contributed by atoms with Crippen LogP contribution in [0, 0.1) is 0 Å². The van der Waals surface area contributed by atoms with Crippen molar-refractivity contribution in [3.05, 3.63) is 81.8 Å². The van der Waals surface area contributed by atoms with Crippen LogP contribution >= 0.6 is 0 Å². The average molecular weight is 339 g/mol. The molecule has 3 aliphatic carbocycles. The molecular formula is C25H25N. The van der Waals surface area contributed by atoms with E-state index >= 15 is 0 Å². The Kier molecular flexibility index (Phi) is 3.72. The number of allylic oxidation sites excluding steroid dienone is 4. The molecule has 0 aliphatic heterocycles. The maximum Gasteiger partial charge on any atom is 0.00476 e. The van der Waals surface area contributed by atoms with Crippen molar-refractivity contribution in [2.24, 2.45) is 0 Å². The SMILES string of the molecule is CN(C)CC1Cc2c(ccc3c2=CCCC=3C2=CC=C2)-c2ccccc21. The maximum atomic E-state index is 2.49. The molecule has 0 aromatic heterocycles. The standard InChI is InChI=1S/C25H25N/c1-26(2)16-18-15-25-22-12-6-11-19(17-7-5-8-17)23(22)13-14-24(25)21-10-4-3-9-20(18)21/h3-5,7-10,12-14,18H,6,11,15-16H2,1-2H3. The van der Waals surface area contributed by atoms with Gasteiger partial charge < -0.3 is 4.90 Å². The molecular weight excluding hydrogens is 314 g/mol. The number of rotatable bonds is 3. The fourth-order valence-electron chi connectivity index (χ4n) is 4.88. The molecule has 1 nitrogen and oxygen atoms in total. The van der Waals surface area contributed by atoms with Gasteiger partial charge in [0.05, 0.1) is 0 Å². The molecule has 2 aromatic carbocycles. The Hall–Kier alpha value is -2.38. The van der Waals surface area contributed by atoms with Crippen LogP contribution in [-0.4, -0.2) is 25.5 Å². The third-order valence-electron chi connectivity index (χ3n) is 6.05. The first kappa shape index (κ1) is 15.8. The zero-order valence-corrected chi connectivity index (χ0v) is 15.6. The number of hydrogen-bond donors (Lipinski definition) is 0. The second-order valence-corrected chi connectivity index (χ2v) is 8.01. The van der Waals surface area contributed by atoms with E-state index in [0.717, 1.165) is 19.4 Å². The van der Waals surface area contributed by atoms with Crippen molar-refractivity contribution in [1.82, 2.24) is 4.90 Å². The molecule has 0 radical (unpaired) electrons. The summed E-state index contributed by atoms with van der Waals surface area (Å²) in [5.74, 6) is 0.571. The number of hydrogen-bond acceptors (Lipinski definition) is 1. The van der Waals surface area contributed by atoms with Crippen LogP contribution in [0.15, 0.2) is 60.2 Å². The number of fused-ring (bicyclic) bond motifs is 5. The first-order chi connectivity index (χ1) is 12.7. The van der Waals surface area contributed by atoms with Crippen molar-refractivity contribution < 1.29 is 0 Å². The number of nitrogens with zero attached hydrogens (tertiary/aromatic N) is 1. The van der Waals surface area contributed by atoms with Crippen LogP contribution in [0.5, 0.6) is 0 Å². The van der Waals surface area contributed by atoms with E-state index in [-0.39, 0.29) is 0 Å². The normalized spacial score (nSPS) is 19.9. The van der Waals surface area contributed by atoms with Crippen LogP contribution in [0.3, 0.4) is 0 Å². The lowest BCUT2D eigenvalue weighted by Gasteiger charge is -2.31. The summed E-state index contributed by atoms with van der Waals surface area (Å²) in [6, 6.07) is 13.8. The molecule has 0 heterocycles. The molecule has 0 fully saturated rings. The predicted molar refractivity (Wildman–Crippen MR) is 110 cm³/mol. The highest BCUT2D eigenvalue weighted by Gasteiger charge is 2.26. The molecule has 0 N–H and O–H groups in total. The second-order valence-electron chi connectivity index (χ2n) is 8.01. The predicted octanol–water partition coefficient (Wildman–Crippen LogP) is 3.78. The topological polar surface area (TPSA) is 3.24 Å². The molecule has 0 saturated carbocycles. The van der Waals surface area contributed by atoms with Crippen LogP contribution in [0.2, 0.25) is 0 Å². The Morgan fingerprint density at radius 1 is 1.04 bits per heavy atom. The molecule has 0 saturated heterocycles. The first-order valence-corrected chi connectivity index (χ1v) is 9.70. The Morgan fingerprint density at radius 2 is 1.88 bits per heavy atom. The van der Waals surface area contributed by atoms with E-state index in [1.54, 1.807) is 5.56 Å². The third-order valence-corrected chi connectivity index (χ3v) is 6.05. The lowest BCUT2D eigenvalue weighted by Crippen LogP contribution is -2.37. The minimum Gasteiger partial charge on any atom is -0.309 e. The molecule has 0 amide bonds. The van der Waals surface area contributed by atoms with Gasteiger partial charge in [0.25, 0.3) is 0 Å². The summed E-state index contributed by atoms with van der Waals surface area (Å²) in [6.07, 6.45) is 12.6. The van der Waals surface area contributed by atoms with Gasteiger partial charge in [0, 0.05) is 12.5 Å². The molecule has 1 atom stereocenters. The fourth-order valence-corrected chi connectivity index (χ4v) is 4.88. The zero-order chi connectivity index (χ0) is 17.7. The molecule has 0 bridgehead atoms. The highest BCUT2D eigenvalue weighted by atomic mass is 15.1. The minimum atomic E-state index is 0.571. The fraction of sp³-hybridized carbons (Fsp3) is 0.280. The van der Waals surface area contributed by atoms with E-state index in [1.165, 1.54) is 44.7 Å². The van der Waals surface area contributed by atoms with E-state index in [2.05, 4.69) is 79.7 Å². The van der Waals surface area contributed by atoms with Crippen molar-refractivity contribution in [1.29, 1.82) is 0 Å². The van der Waals surface area contributed by atoms with Crippen LogP contribution in [-0.2, 0) is 6.42 Å². The van der Waals surface area contributed by atoms with Gasteiger partial charge in [-0.2, -0.15) is 0 Å².